The number of carbonyl (C=O) groups is 2. The summed E-state index contributed by atoms with van der Waals surface area (Å²) in [6.45, 7) is 1.95. The molecule has 2 aromatic heterocycles. The van der Waals surface area contributed by atoms with E-state index in [1.807, 2.05) is 43.3 Å². The number of aromatic nitrogens is 2. The van der Waals surface area contributed by atoms with Crippen LogP contribution in [0.4, 0.5) is 5.69 Å². The zero-order valence-corrected chi connectivity index (χ0v) is 16.7. The zero-order valence-electron chi connectivity index (χ0n) is 16.7. The van der Waals surface area contributed by atoms with Gasteiger partial charge in [-0.3, -0.25) is 19.5 Å². The number of aliphatic hydroxyl groups excluding tert-OH is 1. The third kappa shape index (κ3) is 3.00. The van der Waals surface area contributed by atoms with Crippen LogP contribution in [-0.2, 0) is 9.59 Å². The Hall–Kier alpha value is -4.19. The number of ketones is 1. The number of para-hydroxylation sites is 1. The zero-order chi connectivity index (χ0) is 21.5. The quantitative estimate of drug-likeness (QED) is 0.296. The first kappa shape index (κ1) is 18.8. The van der Waals surface area contributed by atoms with Gasteiger partial charge in [-0.2, -0.15) is 0 Å². The standard InChI is InChI=1S/C25H19N3O3/c1-15-6-8-17(9-7-15)28-22(16-10-12-26-13-11-16)21(24(30)25(28)31)23(29)19-14-27-20-5-3-2-4-18(19)20/h2-14,22,27,29H,1H3/b23-21-. The van der Waals surface area contributed by atoms with Crippen LogP contribution in [0.15, 0.2) is 84.8 Å². The Labute approximate surface area is 178 Å². The lowest BCUT2D eigenvalue weighted by atomic mass is 9.95. The van der Waals surface area contributed by atoms with E-state index in [1.54, 1.807) is 42.9 Å². The lowest BCUT2D eigenvalue weighted by molar-refractivity contribution is -0.132. The third-order valence-electron chi connectivity index (χ3n) is 5.62. The minimum atomic E-state index is -0.764. The number of aliphatic hydroxyl groups is 1. The fourth-order valence-corrected chi connectivity index (χ4v) is 4.08. The summed E-state index contributed by atoms with van der Waals surface area (Å²) in [5.41, 5.74) is 3.69. The number of aromatic amines is 1. The van der Waals surface area contributed by atoms with E-state index in [-0.39, 0.29) is 11.3 Å². The molecule has 31 heavy (non-hydrogen) atoms. The number of amides is 1. The van der Waals surface area contributed by atoms with Crippen LogP contribution in [0.2, 0.25) is 0 Å². The number of benzene rings is 2. The van der Waals surface area contributed by atoms with Crippen molar-refractivity contribution in [3.05, 3.63) is 102 Å². The smallest absolute Gasteiger partial charge is 0.300 e. The molecule has 1 unspecified atom stereocenters. The number of H-pyrrole nitrogens is 1. The van der Waals surface area contributed by atoms with Crippen LogP contribution in [0, 0.1) is 6.92 Å². The molecule has 4 aromatic rings. The number of nitrogens with one attached hydrogen (secondary N) is 1. The average Bonchev–Trinajstić information content (AvgIpc) is 3.34. The van der Waals surface area contributed by atoms with Gasteiger partial charge in [-0.15, -0.1) is 0 Å². The van der Waals surface area contributed by atoms with Gasteiger partial charge in [0.2, 0.25) is 0 Å². The second-order valence-corrected chi connectivity index (χ2v) is 7.53. The fraction of sp³-hybridized carbons (Fsp3) is 0.0800. The highest BCUT2D eigenvalue weighted by atomic mass is 16.3. The van der Waals surface area contributed by atoms with Crippen molar-refractivity contribution < 1.29 is 14.7 Å². The maximum Gasteiger partial charge on any atom is 0.300 e. The SMILES string of the molecule is Cc1ccc(N2C(=O)C(=O)/C(=C(\O)c3c[nH]c4ccccc34)C2c2ccncc2)cc1. The average molecular weight is 409 g/mol. The summed E-state index contributed by atoms with van der Waals surface area (Å²) in [6, 6.07) is 17.6. The number of carbonyl (C=O) groups excluding carboxylic acids is 2. The highest BCUT2D eigenvalue weighted by molar-refractivity contribution is 6.51. The number of fused-ring (bicyclic) bond motifs is 1. The number of pyridine rings is 1. The molecule has 1 aliphatic rings. The van der Waals surface area contributed by atoms with Crippen LogP contribution in [-0.4, -0.2) is 26.8 Å². The molecule has 1 amide bonds. The van der Waals surface area contributed by atoms with Gasteiger partial charge in [0, 0.05) is 40.7 Å². The molecule has 1 fully saturated rings. The summed E-state index contributed by atoms with van der Waals surface area (Å²) in [6.07, 6.45) is 4.87. The van der Waals surface area contributed by atoms with E-state index >= 15 is 0 Å². The maximum atomic E-state index is 13.2. The van der Waals surface area contributed by atoms with E-state index in [4.69, 9.17) is 0 Å². The Balaban J connectivity index is 1.75. The lowest BCUT2D eigenvalue weighted by Crippen LogP contribution is -2.29. The fourth-order valence-electron chi connectivity index (χ4n) is 4.08. The first-order chi connectivity index (χ1) is 15.1. The largest absolute Gasteiger partial charge is 0.507 e. The van der Waals surface area contributed by atoms with Gasteiger partial charge in [0.1, 0.15) is 5.76 Å². The molecule has 5 rings (SSSR count). The molecular weight excluding hydrogens is 390 g/mol. The van der Waals surface area contributed by atoms with Crippen LogP contribution < -0.4 is 4.90 Å². The molecule has 0 bridgehead atoms. The van der Waals surface area contributed by atoms with Crippen LogP contribution in [0.25, 0.3) is 16.7 Å². The minimum Gasteiger partial charge on any atom is -0.507 e. The molecule has 152 valence electrons. The molecule has 0 saturated carbocycles. The van der Waals surface area contributed by atoms with E-state index in [2.05, 4.69) is 9.97 Å². The number of Topliss-reactive ketones (excluding diaryl/α,β-unsaturated/α-hetero) is 1. The number of anilines is 1. The van der Waals surface area contributed by atoms with Gasteiger partial charge in [0.15, 0.2) is 0 Å². The second kappa shape index (κ2) is 7.25. The van der Waals surface area contributed by atoms with Crippen molar-refractivity contribution in [3.63, 3.8) is 0 Å². The summed E-state index contributed by atoms with van der Waals surface area (Å²) < 4.78 is 0. The molecule has 0 spiro atoms. The molecule has 3 heterocycles. The summed E-state index contributed by atoms with van der Waals surface area (Å²) in [4.78, 5) is 34.9. The molecule has 6 heteroatoms. The van der Waals surface area contributed by atoms with Gasteiger partial charge in [-0.1, -0.05) is 35.9 Å². The first-order valence-electron chi connectivity index (χ1n) is 9.90. The predicted molar refractivity (Wildman–Crippen MR) is 118 cm³/mol. The number of nitrogens with zero attached hydrogens (tertiary/aromatic N) is 2. The van der Waals surface area contributed by atoms with Gasteiger partial charge < -0.3 is 10.1 Å². The van der Waals surface area contributed by atoms with E-state index in [1.165, 1.54) is 4.90 Å². The van der Waals surface area contributed by atoms with Crippen LogP contribution >= 0.6 is 0 Å². The van der Waals surface area contributed by atoms with Crippen molar-refractivity contribution >= 4 is 34.0 Å². The van der Waals surface area contributed by atoms with E-state index in [0.717, 1.165) is 16.5 Å². The van der Waals surface area contributed by atoms with E-state index in [0.29, 0.717) is 16.8 Å². The van der Waals surface area contributed by atoms with Gasteiger partial charge in [0.25, 0.3) is 11.7 Å². The van der Waals surface area contributed by atoms with Gasteiger partial charge in [-0.25, -0.2) is 0 Å². The molecule has 2 N–H and O–H groups in total. The summed E-state index contributed by atoms with van der Waals surface area (Å²) in [5, 5.41) is 12.1. The monoisotopic (exact) mass is 409 g/mol. The van der Waals surface area contributed by atoms with E-state index in [9.17, 15) is 14.7 Å². The molecule has 6 nitrogen and oxygen atoms in total. The summed E-state index contributed by atoms with van der Waals surface area (Å²) >= 11 is 0. The Morgan fingerprint density at radius 2 is 1.71 bits per heavy atom. The first-order valence-corrected chi connectivity index (χ1v) is 9.90. The van der Waals surface area contributed by atoms with Crippen molar-refractivity contribution in [1.82, 2.24) is 9.97 Å². The summed E-state index contributed by atoms with van der Waals surface area (Å²) in [5.74, 6) is -1.59. The number of hydrogen-bond acceptors (Lipinski definition) is 4. The molecule has 1 saturated heterocycles. The summed E-state index contributed by atoms with van der Waals surface area (Å²) in [7, 11) is 0. The van der Waals surface area contributed by atoms with Gasteiger partial charge >= 0.3 is 0 Å². The highest BCUT2D eigenvalue weighted by Crippen LogP contribution is 2.42. The van der Waals surface area contributed by atoms with E-state index < -0.39 is 17.7 Å². The van der Waals surface area contributed by atoms with Gasteiger partial charge in [-0.05, 0) is 42.8 Å². The second-order valence-electron chi connectivity index (χ2n) is 7.53. The van der Waals surface area contributed by atoms with Crippen molar-refractivity contribution in [3.8, 4) is 0 Å². The predicted octanol–water partition coefficient (Wildman–Crippen LogP) is 4.50. The Morgan fingerprint density at radius 3 is 2.45 bits per heavy atom. The Bertz CT molecular complexity index is 1340. The molecular formula is C25H19N3O3. The van der Waals surface area contributed by atoms with Crippen molar-refractivity contribution in [2.24, 2.45) is 0 Å². The normalized spacial score (nSPS) is 18.1. The Morgan fingerprint density at radius 1 is 1.00 bits per heavy atom. The molecule has 2 aromatic carbocycles. The number of rotatable bonds is 3. The number of aryl methyl sites for hydroxylation is 1. The van der Waals surface area contributed by atoms with Crippen LogP contribution in [0.5, 0.6) is 0 Å². The van der Waals surface area contributed by atoms with Crippen LogP contribution in [0.3, 0.4) is 0 Å². The molecule has 0 aliphatic carbocycles. The van der Waals surface area contributed by atoms with Crippen molar-refractivity contribution in [1.29, 1.82) is 0 Å². The van der Waals surface area contributed by atoms with Crippen molar-refractivity contribution in [2.75, 3.05) is 4.90 Å². The van der Waals surface area contributed by atoms with Crippen molar-refractivity contribution in [2.45, 2.75) is 13.0 Å². The third-order valence-corrected chi connectivity index (χ3v) is 5.62. The highest BCUT2D eigenvalue weighted by Gasteiger charge is 2.47. The molecule has 1 atom stereocenters. The van der Waals surface area contributed by atoms with Crippen LogP contribution in [0.1, 0.15) is 22.7 Å². The number of hydrogen-bond donors (Lipinski definition) is 2. The lowest BCUT2D eigenvalue weighted by Gasteiger charge is -2.25. The molecule has 0 radical (unpaired) electrons. The molecule has 1 aliphatic heterocycles. The topological polar surface area (TPSA) is 86.3 Å². The Kier molecular flexibility index (Phi) is 4.40. The maximum absolute atomic E-state index is 13.2. The minimum absolute atomic E-state index is 0.0570. The van der Waals surface area contributed by atoms with Gasteiger partial charge in [0.05, 0.1) is 11.6 Å².